The SMILES string of the molecule is Cc1ccc(C(=O)Nc2ccc(C(=O)N3CCc4cc(C(=O)Nc5c(F)cccc5F)sc4-c4sccc43)cc2)c(N2CC3(CCOCC3)C2)n1. The molecule has 3 aromatic heterocycles. The maximum atomic E-state index is 14.2. The van der Waals surface area contributed by atoms with Gasteiger partial charge < -0.3 is 25.2 Å². The molecule has 1 spiro atoms. The molecule has 0 saturated carbocycles. The lowest BCUT2D eigenvalue weighted by Crippen LogP contribution is -2.59. The van der Waals surface area contributed by atoms with Gasteiger partial charge in [-0.25, -0.2) is 13.8 Å². The van der Waals surface area contributed by atoms with Crippen molar-refractivity contribution >= 4 is 63.3 Å². The van der Waals surface area contributed by atoms with Crippen LogP contribution >= 0.6 is 22.7 Å². The summed E-state index contributed by atoms with van der Waals surface area (Å²) in [5.41, 5.74) is 3.71. The van der Waals surface area contributed by atoms with E-state index in [1.165, 1.54) is 28.7 Å². The van der Waals surface area contributed by atoms with Crippen molar-refractivity contribution in [3.8, 4) is 9.75 Å². The van der Waals surface area contributed by atoms with Gasteiger partial charge in [0.25, 0.3) is 17.7 Å². The molecule has 0 atom stereocenters. The third-order valence-corrected chi connectivity index (χ3v) is 12.0. The van der Waals surface area contributed by atoms with Gasteiger partial charge in [-0.2, -0.15) is 0 Å². The molecule has 2 aromatic carbocycles. The van der Waals surface area contributed by atoms with Crippen LogP contribution < -0.4 is 20.4 Å². The van der Waals surface area contributed by atoms with Gasteiger partial charge in [0.1, 0.15) is 23.1 Å². The van der Waals surface area contributed by atoms with Crippen LogP contribution in [0.4, 0.5) is 31.7 Å². The molecule has 51 heavy (non-hydrogen) atoms. The molecule has 2 saturated heterocycles. The number of ether oxygens (including phenoxy) is 1. The summed E-state index contributed by atoms with van der Waals surface area (Å²) in [6.45, 7) is 5.53. The lowest BCUT2D eigenvalue weighted by Gasteiger charge is -2.53. The zero-order valence-corrected chi connectivity index (χ0v) is 29.3. The highest BCUT2D eigenvalue weighted by atomic mass is 32.1. The number of amides is 3. The first-order valence-electron chi connectivity index (χ1n) is 16.7. The number of carbonyl (C=O) groups is 3. The number of nitrogens with one attached hydrogen (secondary N) is 2. The standard InChI is InChI=1S/C38H33F2N5O4S2/c1-22-5-10-26(34(41-22)44-20-38(21-44)13-16-49-17-14-38)35(46)42-25-8-6-23(7-9-25)37(48)45-15-11-24-19-30(51-32(24)33-29(45)12-18-50-33)36(47)43-31-27(39)3-2-4-28(31)40/h2-10,12,18-19H,11,13-17,20-21H2,1H3,(H,42,46)(H,43,47). The molecule has 13 heteroatoms. The van der Waals surface area contributed by atoms with Crippen molar-refractivity contribution in [1.82, 2.24) is 4.98 Å². The van der Waals surface area contributed by atoms with Crippen molar-refractivity contribution in [1.29, 1.82) is 0 Å². The number of benzene rings is 2. The molecule has 8 rings (SSSR count). The van der Waals surface area contributed by atoms with Gasteiger partial charge in [-0.3, -0.25) is 14.4 Å². The third kappa shape index (κ3) is 6.30. The normalized spacial score (nSPS) is 16.1. The van der Waals surface area contributed by atoms with E-state index in [4.69, 9.17) is 9.72 Å². The number of aromatic nitrogens is 1. The lowest BCUT2D eigenvalue weighted by atomic mass is 9.73. The van der Waals surface area contributed by atoms with Gasteiger partial charge in [0.2, 0.25) is 0 Å². The molecule has 9 nitrogen and oxygen atoms in total. The van der Waals surface area contributed by atoms with E-state index in [9.17, 15) is 23.2 Å². The first-order valence-corrected chi connectivity index (χ1v) is 18.4. The number of halogens is 2. The second-order valence-corrected chi connectivity index (χ2v) is 15.1. The number of pyridine rings is 1. The quantitative estimate of drug-likeness (QED) is 0.185. The van der Waals surface area contributed by atoms with Crippen LogP contribution in [-0.2, 0) is 11.2 Å². The van der Waals surface area contributed by atoms with Crippen LogP contribution in [-0.4, -0.2) is 55.6 Å². The van der Waals surface area contributed by atoms with Crippen molar-refractivity contribution in [2.75, 3.05) is 53.3 Å². The van der Waals surface area contributed by atoms with E-state index < -0.39 is 23.2 Å². The number of anilines is 4. The van der Waals surface area contributed by atoms with Crippen molar-refractivity contribution in [2.45, 2.75) is 26.2 Å². The van der Waals surface area contributed by atoms with Crippen LogP contribution in [0.5, 0.6) is 0 Å². The number of fused-ring (bicyclic) bond motifs is 3. The summed E-state index contributed by atoms with van der Waals surface area (Å²) < 4.78 is 33.9. The second-order valence-electron chi connectivity index (χ2n) is 13.2. The Morgan fingerprint density at radius 3 is 2.39 bits per heavy atom. The number of para-hydroxylation sites is 1. The Hall–Kier alpha value is -4.98. The molecule has 6 heterocycles. The van der Waals surface area contributed by atoms with Gasteiger partial charge in [0.05, 0.1) is 25.9 Å². The Labute approximate surface area is 300 Å². The van der Waals surface area contributed by atoms with Crippen LogP contribution in [0.3, 0.4) is 0 Å². The average Bonchev–Trinajstić information content (AvgIpc) is 3.74. The van der Waals surface area contributed by atoms with Crippen LogP contribution in [0.15, 0.2) is 72.1 Å². The van der Waals surface area contributed by atoms with E-state index in [2.05, 4.69) is 15.5 Å². The van der Waals surface area contributed by atoms with Gasteiger partial charge in [-0.1, -0.05) is 6.07 Å². The molecule has 3 amide bonds. The number of hydrogen-bond donors (Lipinski definition) is 2. The Bertz CT molecular complexity index is 2150. The molecule has 0 radical (unpaired) electrons. The van der Waals surface area contributed by atoms with Crippen LogP contribution in [0.1, 0.15) is 54.5 Å². The topological polar surface area (TPSA) is 104 Å². The van der Waals surface area contributed by atoms with E-state index in [-0.39, 0.29) is 17.2 Å². The average molecular weight is 726 g/mol. The fourth-order valence-corrected chi connectivity index (χ4v) is 9.20. The number of rotatable bonds is 6. The highest BCUT2D eigenvalue weighted by Crippen LogP contribution is 2.46. The molecule has 5 aromatic rings. The molecule has 3 aliphatic rings. The summed E-state index contributed by atoms with van der Waals surface area (Å²) >= 11 is 2.69. The number of thiophene rings is 2. The highest BCUT2D eigenvalue weighted by Gasteiger charge is 2.45. The highest BCUT2D eigenvalue weighted by molar-refractivity contribution is 7.23. The van der Waals surface area contributed by atoms with Crippen LogP contribution in [0, 0.1) is 24.0 Å². The van der Waals surface area contributed by atoms with Gasteiger partial charge in [0.15, 0.2) is 0 Å². The maximum absolute atomic E-state index is 14.2. The van der Waals surface area contributed by atoms with E-state index in [1.54, 1.807) is 35.2 Å². The third-order valence-electron chi connectivity index (χ3n) is 9.78. The second kappa shape index (κ2) is 13.3. The Kier molecular flexibility index (Phi) is 8.65. The summed E-state index contributed by atoms with van der Waals surface area (Å²) in [7, 11) is 0. The van der Waals surface area contributed by atoms with E-state index in [0.29, 0.717) is 40.5 Å². The molecular formula is C38H33F2N5O4S2. The molecular weight excluding hydrogens is 693 g/mol. The molecule has 0 bridgehead atoms. The van der Waals surface area contributed by atoms with E-state index >= 15 is 0 Å². The Balaban J connectivity index is 0.958. The van der Waals surface area contributed by atoms with E-state index in [1.807, 2.05) is 30.5 Å². The number of carbonyl (C=O) groups excluding carboxylic acids is 3. The van der Waals surface area contributed by atoms with Gasteiger partial charge in [-0.15, -0.1) is 22.7 Å². The Morgan fingerprint density at radius 1 is 0.902 bits per heavy atom. The lowest BCUT2D eigenvalue weighted by molar-refractivity contribution is -0.000519. The van der Waals surface area contributed by atoms with Crippen molar-refractivity contribution < 1.29 is 27.9 Å². The van der Waals surface area contributed by atoms with Crippen molar-refractivity contribution in [3.63, 3.8) is 0 Å². The summed E-state index contributed by atoms with van der Waals surface area (Å²) in [4.78, 5) is 51.1. The molecule has 3 aliphatic heterocycles. The summed E-state index contributed by atoms with van der Waals surface area (Å²) in [6.07, 6.45) is 2.51. The molecule has 260 valence electrons. The number of nitrogens with zero attached hydrogens (tertiary/aromatic N) is 3. The minimum atomic E-state index is -0.852. The summed E-state index contributed by atoms with van der Waals surface area (Å²) in [6, 6.07) is 17.5. The zero-order chi connectivity index (χ0) is 35.3. The monoisotopic (exact) mass is 725 g/mol. The zero-order valence-electron chi connectivity index (χ0n) is 27.6. The molecule has 0 unspecified atom stereocenters. The van der Waals surface area contributed by atoms with Crippen LogP contribution in [0.25, 0.3) is 9.75 Å². The van der Waals surface area contributed by atoms with Gasteiger partial charge >= 0.3 is 0 Å². The fraction of sp³-hybridized carbons (Fsp3) is 0.263. The Morgan fingerprint density at radius 2 is 1.65 bits per heavy atom. The molecule has 0 aliphatic carbocycles. The fourth-order valence-electron chi connectivity index (χ4n) is 7.01. The number of aryl methyl sites for hydroxylation is 1. The minimum Gasteiger partial charge on any atom is -0.381 e. The van der Waals surface area contributed by atoms with Crippen molar-refractivity contribution in [3.05, 3.63) is 111 Å². The smallest absolute Gasteiger partial charge is 0.265 e. The first kappa shape index (κ1) is 33.2. The maximum Gasteiger partial charge on any atom is 0.265 e. The number of hydrogen-bond acceptors (Lipinski definition) is 8. The molecule has 2 fully saturated rings. The predicted molar refractivity (Wildman–Crippen MR) is 195 cm³/mol. The van der Waals surface area contributed by atoms with Crippen molar-refractivity contribution in [2.24, 2.45) is 5.41 Å². The summed E-state index contributed by atoms with van der Waals surface area (Å²) in [5.74, 6) is -2.08. The van der Waals surface area contributed by atoms with Gasteiger partial charge in [-0.05, 0) is 97.8 Å². The largest absolute Gasteiger partial charge is 0.381 e. The molecule has 2 N–H and O–H groups in total. The minimum absolute atomic E-state index is 0.194. The van der Waals surface area contributed by atoms with E-state index in [0.717, 1.165) is 78.0 Å². The summed E-state index contributed by atoms with van der Waals surface area (Å²) in [5, 5.41) is 7.24. The predicted octanol–water partition coefficient (Wildman–Crippen LogP) is 7.78. The first-order chi connectivity index (χ1) is 24.7. The van der Waals surface area contributed by atoms with Crippen LogP contribution in [0.2, 0.25) is 0 Å². The van der Waals surface area contributed by atoms with Gasteiger partial charge in [0, 0.05) is 55.2 Å².